The van der Waals surface area contributed by atoms with Gasteiger partial charge in [-0.25, -0.2) is 0 Å². The smallest absolute Gasteiger partial charge is 0.0603 e. The summed E-state index contributed by atoms with van der Waals surface area (Å²) < 4.78 is 0. The quantitative estimate of drug-likeness (QED) is 0.762. The standard InChI is InChI=1S/C13H18N2/c1-3-5-6-9-12(14)13-11(4-2)8-7-10-15-13/h7-8,10,12H,4,6,9,14H2,1-2H3. The Bertz CT molecular complexity index is 360. The number of hydrogen-bond donors (Lipinski definition) is 1. The van der Waals surface area contributed by atoms with Gasteiger partial charge >= 0.3 is 0 Å². The van der Waals surface area contributed by atoms with Gasteiger partial charge in [-0.2, -0.15) is 0 Å². The van der Waals surface area contributed by atoms with Gasteiger partial charge in [-0.15, -0.1) is 11.8 Å². The fourth-order valence-corrected chi connectivity index (χ4v) is 1.57. The zero-order valence-electron chi connectivity index (χ0n) is 9.46. The molecule has 0 aliphatic carbocycles. The van der Waals surface area contributed by atoms with Crippen LogP contribution in [0.15, 0.2) is 18.3 Å². The van der Waals surface area contributed by atoms with Gasteiger partial charge in [0.15, 0.2) is 0 Å². The molecule has 1 aromatic heterocycles. The molecule has 1 rings (SSSR count). The van der Waals surface area contributed by atoms with E-state index in [1.54, 1.807) is 6.20 Å². The van der Waals surface area contributed by atoms with Gasteiger partial charge in [-0.05, 0) is 31.4 Å². The average Bonchev–Trinajstić information content (AvgIpc) is 2.29. The summed E-state index contributed by atoms with van der Waals surface area (Å²) >= 11 is 0. The van der Waals surface area contributed by atoms with E-state index < -0.39 is 0 Å². The third-order valence-electron chi connectivity index (χ3n) is 2.42. The van der Waals surface area contributed by atoms with Crippen molar-refractivity contribution in [2.75, 3.05) is 0 Å². The second kappa shape index (κ2) is 6.21. The second-order valence-corrected chi connectivity index (χ2v) is 3.47. The molecule has 2 nitrogen and oxygen atoms in total. The Balaban J connectivity index is 2.70. The van der Waals surface area contributed by atoms with Gasteiger partial charge in [-0.3, -0.25) is 4.98 Å². The highest BCUT2D eigenvalue weighted by molar-refractivity contribution is 5.22. The van der Waals surface area contributed by atoms with Gasteiger partial charge in [-0.1, -0.05) is 13.0 Å². The maximum Gasteiger partial charge on any atom is 0.0603 e. The van der Waals surface area contributed by atoms with E-state index in [0.29, 0.717) is 0 Å². The van der Waals surface area contributed by atoms with Crippen LogP contribution in [0.2, 0.25) is 0 Å². The molecule has 2 N–H and O–H groups in total. The summed E-state index contributed by atoms with van der Waals surface area (Å²) in [6, 6.07) is 4.07. The zero-order valence-corrected chi connectivity index (χ0v) is 9.46. The largest absolute Gasteiger partial charge is 0.323 e. The lowest BCUT2D eigenvalue weighted by Crippen LogP contribution is -2.14. The third-order valence-corrected chi connectivity index (χ3v) is 2.42. The van der Waals surface area contributed by atoms with E-state index in [-0.39, 0.29) is 6.04 Å². The first kappa shape index (κ1) is 11.7. The topological polar surface area (TPSA) is 38.9 Å². The minimum atomic E-state index is 0.0157. The van der Waals surface area contributed by atoms with Gasteiger partial charge < -0.3 is 5.73 Å². The van der Waals surface area contributed by atoms with Crippen LogP contribution in [0.4, 0.5) is 0 Å². The van der Waals surface area contributed by atoms with Gasteiger partial charge in [0.05, 0.1) is 5.69 Å². The minimum Gasteiger partial charge on any atom is -0.323 e. The molecule has 0 saturated carbocycles. The fourth-order valence-electron chi connectivity index (χ4n) is 1.57. The molecule has 1 aromatic rings. The average molecular weight is 202 g/mol. The van der Waals surface area contributed by atoms with Crippen LogP contribution in [0, 0.1) is 11.8 Å². The Hall–Kier alpha value is -1.33. The number of nitrogens with zero attached hydrogens (tertiary/aromatic N) is 1. The lowest BCUT2D eigenvalue weighted by Gasteiger charge is -2.12. The maximum absolute atomic E-state index is 6.08. The third kappa shape index (κ3) is 3.38. The van der Waals surface area contributed by atoms with Crippen LogP contribution in [0.1, 0.15) is 44.0 Å². The molecular formula is C13H18N2. The Morgan fingerprint density at radius 1 is 1.53 bits per heavy atom. The molecule has 0 fully saturated rings. The molecule has 0 aliphatic rings. The van der Waals surface area contributed by atoms with Crippen LogP contribution in [0.3, 0.4) is 0 Å². The molecule has 0 saturated heterocycles. The van der Waals surface area contributed by atoms with Crippen molar-refractivity contribution in [2.24, 2.45) is 5.73 Å². The maximum atomic E-state index is 6.08. The molecule has 0 spiro atoms. The highest BCUT2D eigenvalue weighted by Gasteiger charge is 2.10. The molecule has 1 unspecified atom stereocenters. The summed E-state index contributed by atoms with van der Waals surface area (Å²) in [6.07, 6.45) is 4.51. The Morgan fingerprint density at radius 3 is 3.00 bits per heavy atom. The van der Waals surface area contributed by atoms with Crippen molar-refractivity contribution in [3.05, 3.63) is 29.6 Å². The molecule has 80 valence electrons. The van der Waals surface area contributed by atoms with Crippen LogP contribution in [-0.2, 0) is 6.42 Å². The molecule has 0 amide bonds. The number of hydrogen-bond acceptors (Lipinski definition) is 2. The summed E-state index contributed by atoms with van der Waals surface area (Å²) in [5.74, 6) is 5.91. The van der Waals surface area contributed by atoms with Crippen LogP contribution in [0.25, 0.3) is 0 Å². The van der Waals surface area contributed by atoms with Crippen molar-refractivity contribution in [3.63, 3.8) is 0 Å². The predicted molar refractivity (Wildman–Crippen MR) is 63.2 cm³/mol. The highest BCUT2D eigenvalue weighted by atomic mass is 14.8. The van der Waals surface area contributed by atoms with E-state index in [0.717, 1.165) is 25.0 Å². The van der Waals surface area contributed by atoms with E-state index in [2.05, 4.69) is 29.8 Å². The van der Waals surface area contributed by atoms with E-state index in [9.17, 15) is 0 Å². The first-order valence-corrected chi connectivity index (χ1v) is 5.38. The predicted octanol–water partition coefficient (Wildman–Crippen LogP) is 2.45. The molecule has 1 atom stereocenters. The molecule has 15 heavy (non-hydrogen) atoms. The SMILES string of the molecule is CC#CCCC(N)c1ncccc1CC. The Labute approximate surface area is 91.9 Å². The van der Waals surface area contributed by atoms with E-state index in [1.807, 2.05) is 13.0 Å². The fraction of sp³-hybridized carbons (Fsp3) is 0.462. The van der Waals surface area contributed by atoms with Gasteiger partial charge in [0.1, 0.15) is 0 Å². The number of rotatable bonds is 4. The lowest BCUT2D eigenvalue weighted by molar-refractivity contribution is 0.639. The van der Waals surface area contributed by atoms with Crippen LogP contribution >= 0.6 is 0 Å². The normalized spacial score (nSPS) is 11.7. The summed E-state index contributed by atoms with van der Waals surface area (Å²) in [5, 5.41) is 0. The van der Waals surface area contributed by atoms with Crippen molar-refractivity contribution in [2.45, 2.75) is 39.2 Å². The van der Waals surface area contributed by atoms with E-state index in [4.69, 9.17) is 5.73 Å². The van der Waals surface area contributed by atoms with Gasteiger partial charge in [0.2, 0.25) is 0 Å². The minimum absolute atomic E-state index is 0.0157. The van der Waals surface area contributed by atoms with Crippen LogP contribution in [-0.4, -0.2) is 4.98 Å². The van der Waals surface area contributed by atoms with E-state index >= 15 is 0 Å². The highest BCUT2D eigenvalue weighted by Crippen LogP contribution is 2.17. The number of aryl methyl sites for hydroxylation is 1. The molecular weight excluding hydrogens is 184 g/mol. The van der Waals surface area contributed by atoms with Crippen molar-refractivity contribution in [3.8, 4) is 11.8 Å². The molecule has 0 aliphatic heterocycles. The summed E-state index contributed by atoms with van der Waals surface area (Å²) in [4.78, 5) is 4.35. The monoisotopic (exact) mass is 202 g/mol. The number of pyridine rings is 1. The first-order chi connectivity index (χ1) is 7.29. The van der Waals surface area contributed by atoms with Crippen molar-refractivity contribution < 1.29 is 0 Å². The Morgan fingerprint density at radius 2 is 2.33 bits per heavy atom. The van der Waals surface area contributed by atoms with Crippen LogP contribution in [0.5, 0.6) is 0 Å². The summed E-state index contributed by atoms with van der Waals surface area (Å²) in [6.45, 7) is 3.98. The summed E-state index contributed by atoms with van der Waals surface area (Å²) in [5.41, 5.74) is 8.35. The second-order valence-electron chi connectivity index (χ2n) is 3.47. The van der Waals surface area contributed by atoms with Crippen molar-refractivity contribution in [1.82, 2.24) is 4.98 Å². The molecule has 0 radical (unpaired) electrons. The number of nitrogens with two attached hydrogens (primary N) is 1. The first-order valence-electron chi connectivity index (χ1n) is 5.38. The van der Waals surface area contributed by atoms with Gasteiger partial charge in [0, 0.05) is 18.7 Å². The summed E-state index contributed by atoms with van der Waals surface area (Å²) in [7, 11) is 0. The zero-order chi connectivity index (χ0) is 11.1. The molecule has 0 aromatic carbocycles. The Kier molecular flexibility index (Phi) is 4.86. The van der Waals surface area contributed by atoms with Crippen LogP contribution < -0.4 is 5.73 Å². The van der Waals surface area contributed by atoms with Crippen molar-refractivity contribution >= 4 is 0 Å². The molecule has 1 heterocycles. The number of aromatic nitrogens is 1. The van der Waals surface area contributed by atoms with Gasteiger partial charge in [0.25, 0.3) is 0 Å². The molecule has 0 bridgehead atoms. The van der Waals surface area contributed by atoms with Crippen molar-refractivity contribution in [1.29, 1.82) is 0 Å². The lowest BCUT2D eigenvalue weighted by atomic mass is 10.0. The van der Waals surface area contributed by atoms with E-state index in [1.165, 1.54) is 5.56 Å². The molecule has 2 heteroatoms.